The van der Waals surface area contributed by atoms with Crippen LogP contribution in [0.3, 0.4) is 0 Å². The van der Waals surface area contributed by atoms with Gasteiger partial charge in [-0.25, -0.2) is 0 Å². The van der Waals surface area contributed by atoms with Crippen LogP contribution in [-0.2, 0) is 4.79 Å². The first-order valence-electron chi connectivity index (χ1n) is 7.38. The van der Waals surface area contributed by atoms with Gasteiger partial charge in [0.25, 0.3) is 0 Å². The summed E-state index contributed by atoms with van der Waals surface area (Å²) in [5, 5.41) is 3.97. The normalized spacial score (nSPS) is 21.9. The van der Waals surface area contributed by atoms with Crippen LogP contribution in [0, 0.1) is 0 Å². The van der Waals surface area contributed by atoms with E-state index in [4.69, 9.17) is 11.6 Å². The first-order chi connectivity index (χ1) is 9.58. The summed E-state index contributed by atoms with van der Waals surface area (Å²) < 4.78 is 0. The Labute approximate surface area is 125 Å². The van der Waals surface area contributed by atoms with Crippen LogP contribution < -0.4 is 5.32 Å². The Bertz CT molecular complexity index is 492. The number of carbonyl (C=O) groups excluding carboxylic acids is 1. The first kappa shape index (κ1) is 13.9. The van der Waals surface area contributed by atoms with E-state index in [1.54, 1.807) is 0 Å². The van der Waals surface area contributed by atoms with Gasteiger partial charge in [0.15, 0.2) is 0 Å². The molecule has 1 aliphatic heterocycles. The Balaban J connectivity index is 1.59. The first-order valence-corrected chi connectivity index (χ1v) is 7.76. The van der Waals surface area contributed by atoms with Gasteiger partial charge in [-0.2, -0.15) is 0 Å². The van der Waals surface area contributed by atoms with Gasteiger partial charge < -0.3 is 10.2 Å². The molecule has 1 unspecified atom stereocenters. The van der Waals surface area contributed by atoms with Crippen molar-refractivity contribution in [2.75, 3.05) is 19.6 Å². The van der Waals surface area contributed by atoms with Crippen LogP contribution in [0.5, 0.6) is 0 Å². The molecular weight excluding hydrogens is 272 g/mol. The monoisotopic (exact) mass is 292 g/mol. The van der Waals surface area contributed by atoms with E-state index in [-0.39, 0.29) is 17.4 Å². The second-order valence-electron chi connectivity index (χ2n) is 6.17. The number of benzene rings is 1. The van der Waals surface area contributed by atoms with Crippen molar-refractivity contribution in [3.05, 3.63) is 34.9 Å². The van der Waals surface area contributed by atoms with E-state index in [1.807, 2.05) is 31.2 Å². The topological polar surface area (TPSA) is 32.3 Å². The van der Waals surface area contributed by atoms with Gasteiger partial charge >= 0.3 is 0 Å². The van der Waals surface area contributed by atoms with E-state index in [0.717, 1.165) is 24.9 Å². The van der Waals surface area contributed by atoms with Gasteiger partial charge in [-0.15, -0.1) is 0 Å². The quantitative estimate of drug-likeness (QED) is 0.905. The molecule has 1 aromatic carbocycles. The van der Waals surface area contributed by atoms with E-state index >= 15 is 0 Å². The Kier molecular flexibility index (Phi) is 3.74. The maximum absolute atomic E-state index is 12.4. The maximum atomic E-state index is 12.4. The largest absolute Gasteiger partial charge is 0.349 e. The summed E-state index contributed by atoms with van der Waals surface area (Å²) in [5.74, 6) is 0.00600. The molecule has 0 aromatic heterocycles. The highest BCUT2D eigenvalue weighted by Gasteiger charge is 2.46. The summed E-state index contributed by atoms with van der Waals surface area (Å²) in [6.07, 6.45) is 3.52. The number of nitrogens with zero attached hydrogens (tertiary/aromatic N) is 1. The van der Waals surface area contributed by atoms with Gasteiger partial charge in [-0.1, -0.05) is 23.7 Å². The van der Waals surface area contributed by atoms with E-state index in [1.165, 1.54) is 19.5 Å². The van der Waals surface area contributed by atoms with Gasteiger partial charge in [0.05, 0.1) is 11.5 Å². The lowest BCUT2D eigenvalue weighted by Crippen LogP contribution is -2.50. The van der Waals surface area contributed by atoms with Crippen LogP contribution in [0.25, 0.3) is 0 Å². The number of carbonyl (C=O) groups is 1. The van der Waals surface area contributed by atoms with E-state index < -0.39 is 0 Å². The predicted molar refractivity (Wildman–Crippen MR) is 81.0 cm³/mol. The maximum Gasteiger partial charge on any atom is 0.227 e. The molecular formula is C16H21ClN2O. The van der Waals surface area contributed by atoms with E-state index in [0.29, 0.717) is 5.02 Å². The van der Waals surface area contributed by atoms with Crippen LogP contribution in [-0.4, -0.2) is 36.0 Å². The van der Waals surface area contributed by atoms with Crippen LogP contribution in [0.15, 0.2) is 24.3 Å². The molecule has 2 aliphatic rings. The van der Waals surface area contributed by atoms with Gasteiger partial charge in [0.1, 0.15) is 0 Å². The highest BCUT2D eigenvalue weighted by molar-refractivity contribution is 6.30. The number of rotatable bonds is 5. The van der Waals surface area contributed by atoms with Crippen molar-refractivity contribution >= 4 is 17.5 Å². The van der Waals surface area contributed by atoms with E-state index in [2.05, 4.69) is 10.2 Å². The fourth-order valence-corrected chi connectivity index (χ4v) is 2.84. The molecule has 1 amide bonds. The molecule has 3 rings (SSSR count). The molecule has 1 saturated heterocycles. The molecule has 0 radical (unpaired) electrons. The Hall–Kier alpha value is -1.06. The molecule has 108 valence electrons. The molecule has 2 fully saturated rings. The number of hydrogen-bond acceptors (Lipinski definition) is 2. The van der Waals surface area contributed by atoms with Crippen LogP contribution >= 0.6 is 11.6 Å². The SMILES string of the molecule is CC(C(=O)NC1(CN2CCC2)CC1)c1ccc(Cl)cc1. The second kappa shape index (κ2) is 5.38. The fraction of sp³-hybridized carbons (Fsp3) is 0.562. The van der Waals surface area contributed by atoms with Crippen molar-refractivity contribution < 1.29 is 4.79 Å². The lowest BCUT2D eigenvalue weighted by atomic mass is 9.99. The van der Waals surface area contributed by atoms with Gasteiger partial charge in [-0.05, 0) is 57.0 Å². The van der Waals surface area contributed by atoms with Crippen molar-refractivity contribution in [2.24, 2.45) is 0 Å². The molecule has 1 aromatic rings. The molecule has 4 heteroatoms. The molecule has 0 spiro atoms. The minimum Gasteiger partial charge on any atom is -0.349 e. The average molecular weight is 293 g/mol. The third-order valence-corrected chi connectivity index (χ3v) is 4.73. The van der Waals surface area contributed by atoms with Crippen molar-refractivity contribution in [1.82, 2.24) is 10.2 Å². The summed E-state index contributed by atoms with van der Waals surface area (Å²) in [4.78, 5) is 14.8. The highest BCUT2D eigenvalue weighted by Crippen LogP contribution is 2.37. The van der Waals surface area contributed by atoms with Gasteiger partial charge in [0.2, 0.25) is 5.91 Å². The van der Waals surface area contributed by atoms with Crippen molar-refractivity contribution in [1.29, 1.82) is 0 Å². The number of hydrogen-bond donors (Lipinski definition) is 1. The second-order valence-corrected chi connectivity index (χ2v) is 6.61. The standard InChI is InChI=1S/C16H21ClN2O/c1-12(13-3-5-14(17)6-4-13)15(20)18-16(7-8-16)11-19-9-2-10-19/h3-6,12H,2,7-11H2,1H3,(H,18,20). The summed E-state index contributed by atoms with van der Waals surface area (Å²) in [6, 6.07) is 7.55. The lowest BCUT2D eigenvalue weighted by molar-refractivity contribution is -0.123. The molecule has 0 bridgehead atoms. The van der Waals surface area contributed by atoms with Crippen LogP contribution in [0.2, 0.25) is 5.02 Å². The number of halogens is 1. The Morgan fingerprint density at radius 3 is 2.50 bits per heavy atom. The molecule has 1 saturated carbocycles. The minimum atomic E-state index is -0.124. The van der Waals surface area contributed by atoms with Crippen LogP contribution in [0.1, 0.15) is 37.7 Å². The number of amides is 1. The summed E-state index contributed by atoms with van der Waals surface area (Å²) in [5.41, 5.74) is 1.07. The number of likely N-dealkylation sites (tertiary alicyclic amines) is 1. The zero-order valence-corrected chi connectivity index (χ0v) is 12.6. The molecule has 1 atom stereocenters. The molecule has 3 nitrogen and oxygen atoms in total. The van der Waals surface area contributed by atoms with Crippen LogP contribution in [0.4, 0.5) is 0 Å². The molecule has 1 heterocycles. The highest BCUT2D eigenvalue weighted by atomic mass is 35.5. The minimum absolute atomic E-state index is 0.0538. The molecule has 1 N–H and O–H groups in total. The zero-order chi connectivity index (χ0) is 14.2. The fourth-order valence-electron chi connectivity index (χ4n) is 2.71. The summed E-state index contributed by atoms with van der Waals surface area (Å²) in [6.45, 7) is 5.35. The third-order valence-electron chi connectivity index (χ3n) is 4.48. The van der Waals surface area contributed by atoms with Gasteiger partial charge in [0, 0.05) is 11.6 Å². The molecule has 20 heavy (non-hydrogen) atoms. The Morgan fingerprint density at radius 1 is 1.35 bits per heavy atom. The van der Waals surface area contributed by atoms with E-state index in [9.17, 15) is 4.79 Å². The predicted octanol–water partition coefficient (Wildman–Crippen LogP) is 2.80. The third kappa shape index (κ3) is 2.99. The van der Waals surface area contributed by atoms with Crippen molar-refractivity contribution in [3.63, 3.8) is 0 Å². The summed E-state index contributed by atoms with van der Waals surface area (Å²) >= 11 is 5.89. The smallest absolute Gasteiger partial charge is 0.227 e. The van der Waals surface area contributed by atoms with Crippen molar-refractivity contribution in [2.45, 2.75) is 37.6 Å². The Morgan fingerprint density at radius 2 is 2.00 bits per heavy atom. The average Bonchev–Trinajstić information content (AvgIpc) is 3.14. The van der Waals surface area contributed by atoms with Crippen molar-refractivity contribution in [3.8, 4) is 0 Å². The lowest BCUT2D eigenvalue weighted by Gasteiger charge is -2.35. The molecule has 1 aliphatic carbocycles. The summed E-state index contributed by atoms with van der Waals surface area (Å²) in [7, 11) is 0. The van der Waals surface area contributed by atoms with Gasteiger partial charge in [-0.3, -0.25) is 4.79 Å². The zero-order valence-electron chi connectivity index (χ0n) is 11.9. The number of nitrogens with one attached hydrogen (secondary N) is 1.